The first-order valence-corrected chi connectivity index (χ1v) is 6.01. The molecule has 5 nitrogen and oxygen atoms in total. The molecule has 14 heavy (non-hydrogen) atoms. The van der Waals surface area contributed by atoms with Crippen molar-refractivity contribution in [3.05, 3.63) is 15.8 Å². The van der Waals surface area contributed by atoms with Crippen LogP contribution in [0.4, 0.5) is 0 Å². The summed E-state index contributed by atoms with van der Waals surface area (Å²) in [7, 11) is -3.81. The standard InChI is InChI=1S/C7H9NO4S2/c1-4-2-6(14(8,11)12)5(13-4)3-7(9)10/h2H,3H2,1H3,(H,9,10)(H2,8,11,12). The van der Waals surface area contributed by atoms with Gasteiger partial charge in [-0.05, 0) is 13.0 Å². The van der Waals surface area contributed by atoms with E-state index in [0.29, 0.717) is 0 Å². The van der Waals surface area contributed by atoms with Gasteiger partial charge < -0.3 is 5.11 Å². The summed E-state index contributed by atoms with van der Waals surface area (Å²) in [4.78, 5) is 11.3. The smallest absolute Gasteiger partial charge is 0.308 e. The zero-order chi connectivity index (χ0) is 10.9. The van der Waals surface area contributed by atoms with E-state index < -0.39 is 16.0 Å². The summed E-state index contributed by atoms with van der Waals surface area (Å²) < 4.78 is 22.1. The summed E-state index contributed by atoms with van der Waals surface area (Å²) in [6.07, 6.45) is -0.315. The quantitative estimate of drug-likeness (QED) is 0.788. The number of thiophene rings is 1. The first-order valence-electron chi connectivity index (χ1n) is 3.64. The topological polar surface area (TPSA) is 97.5 Å². The third-order valence-corrected chi connectivity index (χ3v) is 3.67. The lowest BCUT2D eigenvalue weighted by Gasteiger charge is -1.96. The number of primary sulfonamides is 1. The molecular weight excluding hydrogens is 226 g/mol. The van der Waals surface area contributed by atoms with Gasteiger partial charge in [0.25, 0.3) is 0 Å². The Balaban J connectivity index is 3.23. The van der Waals surface area contributed by atoms with E-state index in [9.17, 15) is 13.2 Å². The van der Waals surface area contributed by atoms with Crippen LogP contribution in [0.5, 0.6) is 0 Å². The highest BCUT2D eigenvalue weighted by Gasteiger charge is 2.18. The minimum Gasteiger partial charge on any atom is -0.481 e. The Morgan fingerprint density at radius 2 is 2.21 bits per heavy atom. The molecule has 0 aliphatic rings. The summed E-state index contributed by atoms with van der Waals surface area (Å²) in [5.74, 6) is -1.07. The highest BCUT2D eigenvalue weighted by atomic mass is 32.2. The Hall–Kier alpha value is -0.920. The van der Waals surface area contributed by atoms with Gasteiger partial charge in [-0.3, -0.25) is 4.79 Å². The van der Waals surface area contributed by atoms with Gasteiger partial charge in [0.05, 0.1) is 11.3 Å². The van der Waals surface area contributed by atoms with E-state index in [2.05, 4.69) is 0 Å². The lowest BCUT2D eigenvalue weighted by Crippen LogP contribution is -2.14. The molecule has 0 aliphatic heterocycles. The maximum absolute atomic E-state index is 11.0. The zero-order valence-corrected chi connectivity index (χ0v) is 8.98. The van der Waals surface area contributed by atoms with Gasteiger partial charge in [-0.25, -0.2) is 13.6 Å². The van der Waals surface area contributed by atoms with Gasteiger partial charge in [0.2, 0.25) is 10.0 Å². The van der Waals surface area contributed by atoms with Crippen LogP contribution in [0.25, 0.3) is 0 Å². The number of rotatable bonds is 3. The molecule has 0 bridgehead atoms. The number of aryl methyl sites for hydroxylation is 1. The fourth-order valence-electron chi connectivity index (χ4n) is 1.04. The van der Waals surface area contributed by atoms with Crippen molar-refractivity contribution >= 4 is 27.3 Å². The van der Waals surface area contributed by atoms with Gasteiger partial charge in [0.15, 0.2) is 0 Å². The number of carboxylic acids is 1. The predicted molar refractivity (Wildman–Crippen MR) is 51.8 cm³/mol. The molecule has 0 saturated heterocycles. The minimum atomic E-state index is -3.81. The van der Waals surface area contributed by atoms with Crippen molar-refractivity contribution in [1.82, 2.24) is 0 Å². The Morgan fingerprint density at radius 1 is 1.64 bits per heavy atom. The monoisotopic (exact) mass is 235 g/mol. The second-order valence-electron chi connectivity index (χ2n) is 2.76. The number of hydrogen-bond acceptors (Lipinski definition) is 4. The highest BCUT2D eigenvalue weighted by Crippen LogP contribution is 2.25. The molecule has 0 fully saturated rings. The van der Waals surface area contributed by atoms with E-state index in [1.165, 1.54) is 6.07 Å². The molecule has 1 aromatic heterocycles. The molecule has 0 saturated carbocycles. The van der Waals surface area contributed by atoms with Crippen molar-refractivity contribution in [2.24, 2.45) is 5.14 Å². The molecule has 0 spiro atoms. The summed E-state index contributed by atoms with van der Waals surface area (Å²) in [6, 6.07) is 1.39. The van der Waals surface area contributed by atoms with E-state index in [1.54, 1.807) is 6.92 Å². The lowest BCUT2D eigenvalue weighted by atomic mass is 10.3. The molecule has 0 aromatic carbocycles. The number of carboxylic acid groups (broad SMARTS) is 1. The molecule has 0 radical (unpaired) electrons. The van der Waals surface area contributed by atoms with Crippen LogP contribution >= 0.6 is 11.3 Å². The summed E-state index contributed by atoms with van der Waals surface area (Å²) in [6.45, 7) is 1.70. The third-order valence-electron chi connectivity index (χ3n) is 1.51. The lowest BCUT2D eigenvalue weighted by molar-refractivity contribution is -0.136. The minimum absolute atomic E-state index is 0.0811. The van der Waals surface area contributed by atoms with Gasteiger partial charge in [-0.2, -0.15) is 0 Å². The van der Waals surface area contributed by atoms with Gasteiger partial charge in [-0.1, -0.05) is 0 Å². The van der Waals surface area contributed by atoms with Gasteiger partial charge in [0.1, 0.15) is 0 Å². The van der Waals surface area contributed by atoms with Crippen molar-refractivity contribution in [3.8, 4) is 0 Å². The molecule has 3 N–H and O–H groups in total. The van der Waals surface area contributed by atoms with Crippen molar-refractivity contribution in [2.75, 3.05) is 0 Å². The van der Waals surface area contributed by atoms with Crippen LogP contribution in [-0.2, 0) is 21.2 Å². The van der Waals surface area contributed by atoms with Crippen LogP contribution < -0.4 is 5.14 Å². The molecule has 7 heteroatoms. The molecule has 0 atom stereocenters. The van der Waals surface area contributed by atoms with Crippen LogP contribution in [-0.4, -0.2) is 19.5 Å². The first-order chi connectivity index (χ1) is 6.30. The van der Waals surface area contributed by atoms with Crippen molar-refractivity contribution in [2.45, 2.75) is 18.2 Å². The molecule has 0 unspecified atom stereocenters. The van der Waals surface area contributed by atoms with Gasteiger partial charge in [-0.15, -0.1) is 11.3 Å². The van der Waals surface area contributed by atoms with Gasteiger partial charge >= 0.3 is 5.97 Å². The average molecular weight is 235 g/mol. The van der Waals surface area contributed by atoms with Crippen molar-refractivity contribution < 1.29 is 18.3 Å². The Kier molecular flexibility index (Phi) is 2.93. The summed E-state index contributed by atoms with van der Waals surface area (Å²) >= 11 is 1.13. The van der Waals surface area contributed by atoms with Crippen LogP contribution in [0.1, 0.15) is 9.75 Å². The predicted octanol–water partition coefficient (Wildman–Crippen LogP) is 0.331. The number of nitrogens with two attached hydrogens (primary N) is 1. The largest absolute Gasteiger partial charge is 0.481 e. The molecular formula is C7H9NO4S2. The van der Waals surface area contributed by atoms with Crippen LogP contribution in [0, 0.1) is 6.92 Å². The number of hydrogen-bond donors (Lipinski definition) is 2. The van der Waals surface area contributed by atoms with E-state index in [1.807, 2.05) is 0 Å². The maximum atomic E-state index is 11.0. The van der Waals surface area contributed by atoms with E-state index in [-0.39, 0.29) is 16.2 Å². The molecule has 78 valence electrons. The molecule has 0 amide bonds. The Morgan fingerprint density at radius 3 is 2.64 bits per heavy atom. The number of carbonyl (C=O) groups is 1. The fraction of sp³-hybridized carbons (Fsp3) is 0.286. The molecule has 1 rings (SSSR count). The van der Waals surface area contributed by atoms with Crippen LogP contribution in [0.2, 0.25) is 0 Å². The fourth-order valence-corrected chi connectivity index (χ4v) is 3.24. The Labute approximate surface area is 85.2 Å². The van der Waals surface area contributed by atoms with Crippen LogP contribution in [0.15, 0.2) is 11.0 Å². The third kappa shape index (κ3) is 2.53. The average Bonchev–Trinajstić information content (AvgIpc) is 2.28. The number of sulfonamides is 1. The summed E-state index contributed by atoms with van der Waals surface area (Å²) in [5, 5.41) is 13.5. The molecule has 1 heterocycles. The highest BCUT2D eigenvalue weighted by molar-refractivity contribution is 7.89. The van der Waals surface area contributed by atoms with Crippen molar-refractivity contribution in [1.29, 1.82) is 0 Å². The number of aliphatic carboxylic acids is 1. The normalized spacial score (nSPS) is 11.6. The van der Waals surface area contributed by atoms with E-state index in [4.69, 9.17) is 10.2 Å². The second-order valence-corrected chi connectivity index (χ2v) is 5.63. The van der Waals surface area contributed by atoms with Gasteiger partial charge in [0, 0.05) is 9.75 Å². The first kappa shape index (κ1) is 11.2. The Bertz CT molecular complexity index is 460. The zero-order valence-electron chi connectivity index (χ0n) is 7.35. The van der Waals surface area contributed by atoms with Crippen molar-refractivity contribution in [3.63, 3.8) is 0 Å². The molecule has 1 aromatic rings. The maximum Gasteiger partial charge on any atom is 0.308 e. The SMILES string of the molecule is Cc1cc(S(N)(=O)=O)c(CC(=O)O)s1. The molecule has 0 aliphatic carbocycles. The van der Waals surface area contributed by atoms with Crippen LogP contribution in [0.3, 0.4) is 0 Å². The van der Waals surface area contributed by atoms with E-state index in [0.717, 1.165) is 16.2 Å². The van der Waals surface area contributed by atoms with E-state index >= 15 is 0 Å². The summed E-state index contributed by atoms with van der Waals surface area (Å²) in [5.41, 5.74) is 0. The second kappa shape index (κ2) is 3.68.